The first-order valence-corrected chi connectivity index (χ1v) is 16.2. The molecule has 3 saturated carbocycles. The van der Waals surface area contributed by atoms with Gasteiger partial charge >= 0.3 is 0 Å². The number of hydrogen-bond donors (Lipinski definition) is 1. The van der Waals surface area contributed by atoms with Gasteiger partial charge in [0.15, 0.2) is 5.96 Å². The quantitative estimate of drug-likeness (QED) is 0.323. The number of rotatable bonds is 11. The van der Waals surface area contributed by atoms with Crippen LogP contribution in [0, 0.1) is 23.7 Å². The molecule has 1 unspecified atom stereocenters. The van der Waals surface area contributed by atoms with Crippen LogP contribution in [0.2, 0.25) is 0 Å². The van der Waals surface area contributed by atoms with Crippen molar-refractivity contribution >= 4 is 17.6 Å². The zero-order chi connectivity index (χ0) is 27.2. The standard InChI is InChI=1S/C34H51N3O2/c1-2-9-29-21-30(31(38)22-29)20-26-14-16-28(17-15-26)24-37-32(39)34(36-33(37)35,23-27-12-7-4-8-13-27)19-18-25-10-5-3-6-11-25/h14-17,25,27,29-30H,2-13,18-24H2,1H3,(H2,35,36)/t29-,30?,34+/m0/s1. The molecule has 4 aliphatic rings. The maximum Gasteiger partial charge on any atom is 0.257 e. The highest BCUT2D eigenvalue weighted by molar-refractivity contribution is 6.06. The average molecular weight is 534 g/mol. The first kappa shape index (κ1) is 28.4. The molecule has 0 bridgehead atoms. The van der Waals surface area contributed by atoms with Crippen LogP contribution in [0.1, 0.15) is 127 Å². The third-order valence-corrected chi connectivity index (χ3v) is 10.4. The van der Waals surface area contributed by atoms with E-state index in [1.807, 2.05) is 0 Å². The highest BCUT2D eigenvalue weighted by atomic mass is 16.2. The lowest BCUT2D eigenvalue weighted by molar-refractivity contribution is -0.132. The van der Waals surface area contributed by atoms with Crippen molar-refractivity contribution in [2.45, 2.75) is 135 Å². The molecule has 0 saturated heterocycles. The number of hydrogen-bond acceptors (Lipinski definition) is 4. The van der Waals surface area contributed by atoms with Gasteiger partial charge in [-0.3, -0.25) is 14.5 Å². The molecule has 1 aromatic carbocycles. The fraction of sp³-hybridized carbons (Fsp3) is 0.735. The number of amides is 1. The lowest BCUT2D eigenvalue weighted by Gasteiger charge is -2.33. The first-order valence-electron chi connectivity index (χ1n) is 16.2. The summed E-state index contributed by atoms with van der Waals surface area (Å²) in [6, 6.07) is 8.51. The minimum absolute atomic E-state index is 0.129. The molecule has 5 heteroatoms. The van der Waals surface area contributed by atoms with Crippen LogP contribution in [0.3, 0.4) is 0 Å². The Morgan fingerprint density at radius 3 is 2.18 bits per heavy atom. The lowest BCUT2D eigenvalue weighted by atomic mass is 9.75. The molecular formula is C34H51N3O2. The Labute approximate surface area is 236 Å². The summed E-state index contributed by atoms with van der Waals surface area (Å²) in [4.78, 5) is 33.4. The van der Waals surface area contributed by atoms with Gasteiger partial charge in [0.2, 0.25) is 0 Å². The smallest absolute Gasteiger partial charge is 0.257 e. The van der Waals surface area contributed by atoms with Gasteiger partial charge in [0.25, 0.3) is 5.91 Å². The fourth-order valence-corrected chi connectivity index (χ4v) is 8.16. The Kier molecular flexibility index (Phi) is 9.45. The van der Waals surface area contributed by atoms with Crippen LogP contribution < -0.4 is 5.73 Å². The number of ketones is 1. The number of nitrogens with zero attached hydrogens (tertiary/aromatic N) is 2. The van der Waals surface area contributed by atoms with Gasteiger partial charge in [0.05, 0.1) is 6.54 Å². The molecule has 0 aromatic heterocycles. The number of carbonyl (C=O) groups is 2. The van der Waals surface area contributed by atoms with Gasteiger partial charge in [-0.15, -0.1) is 0 Å². The Bertz CT molecular complexity index is 1010. The van der Waals surface area contributed by atoms with Gasteiger partial charge in [-0.05, 0) is 61.0 Å². The van der Waals surface area contributed by atoms with Crippen molar-refractivity contribution in [2.75, 3.05) is 0 Å². The molecule has 1 aliphatic heterocycles. The molecule has 1 amide bonds. The SMILES string of the molecule is CCC[C@@H]1CC(=O)C(Cc2ccc(CN3C(=O)[C@@](CCC4CCCCC4)(CC4CCCCC4)N=C3N)cc2)C1. The van der Waals surface area contributed by atoms with E-state index in [1.165, 1.54) is 69.8 Å². The number of benzene rings is 1. The van der Waals surface area contributed by atoms with E-state index in [4.69, 9.17) is 10.7 Å². The largest absolute Gasteiger partial charge is 0.369 e. The zero-order valence-corrected chi connectivity index (χ0v) is 24.3. The summed E-state index contributed by atoms with van der Waals surface area (Å²) >= 11 is 0. The number of guanidine groups is 1. The molecule has 2 N–H and O–H groups in total. The number of nitrogens with two attached hydrogens (primary N) is 1. The molecular weight excluding hydrogens is 482 g/mol. The molecule has 1 aromatic rings. The van der Waals surface area contributed by atoms with Gasteiger partial charge in [-0.1, -0.05) is 108 Å². The van der Waals surface area contributed by atoms with E-state index >= 15 is 0 Å². The molecule has 5 rings (SSSR count). The average Bonchev–Trinajstić information content (AvgIpc) is 3.40. The van der Waals surface area contributed by atoms with Gasteiger partial charge in [0.1, 0.15) is 11.3 Å². The Morgan fingerprint density at radius 2 is 1.51 bits per heavy atom. The minimum atomic E-state index is -0.665. The zero-order valence-electron chi connectivity index (χ0n) is 24.3. The van der Waals surface area contributed by atoms with E-state index in [1.54, 1.807) is 4.90 Å². The molecule has 0 radical (unpaired) electrons. The second-order valence-corrected chi connectivity index (χ2v) is 13.4. The van der Waals surface area contributed by atoms with E-state index < -0.39 is 5.54 Å². The van der Waals surface area contributed by atoms with Gasteiger partial charge in [0, 0.05) is 12.3 Å². The van der Waals surface area contributed by atoms with Crippen LogP contribution in [-0.4, -0.2) is 28.1 Å². The van der Waals surface area contributed by atoms with Gasteiger partial charge in [-0.25, -0.2) is 4.99 Å². The second kappa shape index (κ2) is 13.0. The summed E-state index contributed by atoms with van der Waals surface area (Å²) < 4.78 is 0. The van der Waals surface area contributed by atoms with Crippen LogP contribution in [0.5, 0.6) is 0 Å². The molecule has 5 nitrogen and oxygen atoms in total. The maximum atomic E-state index is 14.1. The molecule has 0 spiro atoms. The van der Waals surface area contributed by atoms with E-state index in [-0.39, 0.29) is 11.8 Å². The van der Waals surface area contributed by atoms with Crippen LogP contribution in [-0.2, 0) is 22.6 Å². The number of Topliss-reactive ketones (excluding diaryl/α,β-unsaturated/α-hetero) is 1. The van der Waals surface area contributed by atoms with Crippen molar-refractivity contribution in [1.29, 1.82) is 0 Å². The highest BCUT2D eigenvalue weighted by Crippen LogP contribution is 2.41. The van der Waals surface area contributed by atoms with E-state index in [2.05, 4.69) is 31.2 Å². The van der Waals surface area contributed by atoms with Crippen LogP contribution in [0.15, 0.2) is 29.3 Å². The van der Waals surface area contributed by atoms with Crippen LogP contribution >= 0.6 is 0 Å². The summed E-state index contributed by atoms with van der Waals surface area (Å²) in [6.45, 7) is 2.68. The molecule has 39 heavy (non-hydrogen) atoms. The van der Waals surface area contributed by atoms with Crippen molar-refractivity contribution < 1.29 is 9.59 Å². The van der Waals surface area contributed by atoms with Gasteiger partial charge in [-0.2, -0.15) is 0 Å². The summed E-state index contributed by atoms with van der Waals surface area (Å²) in [5, 5.41) is 0. The van der Waals surface area contributed by atoms with Gasteiger partial charge < -0.3 is 5.73 Å². The van der Waals surface area contributed by atoms with E-state index in [9.17, 15) is 9.59 Å². The number of aliphatic imine (C=N–C) groups is 1. The predicted octanol–water partition coefficient (Wildman–Crippen LogP) is 7.35. The minimum Gasteiger partial charge on any atom is -0.369 e. The molecule has 3 fully saturated rings. The van der Waals surface area contributed by atoms with Crippen molar-refractivity contribution in [3.63, 3.8) is 0 Å². The Morgan fingerprint density at radius 1 is 0.872 bits per heavy atom. The molecule has 214 valence electrons. The third-order valence-electron chi connectivity index (χ3n) is 10.4. The van der Waals surface area contributed by atoms with Crippen molar-refractivity contribution in [1.82, 2.24) is 4.90 Å². The first-order chi connectivity index (χ1) is 19.0. The Hall–Kier alpha value is -2.17. The van der Waals surface area contributed by atoms with Crippen molar-refractivity contribution in [2.24, 2.45) is 34.4 Å². The second-order valence-electron chi connectivity index (χ2n) is 13.4. The molecule has 1 heterocycles. The summed E-state index contributed by atoms with van der Waals surface area (Å²) in [7, 11) is 0. The van der Waals surface area contributed by atoms with E-state index in [0.717, 1.165) is 62.8 Å². The molecule has 3 atom stereocenters. The summed E-state index contributed by atoms with van der Waals surface area (Å²) in [5.41, 5.74) is 8.14. The fourth-order valence-electron chi connectivity index (χ4n) is 8.16. The van der Waals surface area contributed by atoms with Crippen LogP contribution in [0.4, 0.5) is 0 Å². The summed E-state index contributed by atoms with van der Waals surface area (Å²) in [6.07, 6.45) is 20.7. The highest BCUT2D eigenvalue weighted by Gasteiger charge is 2.48. The van der Waals surface area contributed by atoms with Crippen molar-refractivity contribution in [3.8, 4) is 0 Å². The molecule has 3 aliphatic carbocycles. The normalized spacial score (nSPS) is 28.8. The maximum absolute atomic E-state index is 14.1. The summed E-state index contributed by atoms with van der Waals surface area (Å²) in [5.74, 6) is 3.02. The third kappa shape index (κ3) is 6.95. The lowest BCUT2D eigenvalue weighted by Crippen LogP contribution is -2.45. The monoisotopic (exact) mass is 533 g/mol. The predicted molar refractivity (Wildman–Crippen MR) is 158 cm³/mol. The Balaban J connectivity index is 1.23. The van der Waals surface area contributed by atoms with Crippen LogP contribution in [0.25, 0.3) is 0 Å². The van der Waals surface area contributed by atoms with E-state index in [0.29, 0.717) is 30.1 Å². The number of carbonyl (C=O) groups excluding carboxylic acids is 2. The topological polar surface area (TPSA) is 75.8 Å². The van der Waals surface area contributed by atoms with Crippen molar-refractivity contribution in [3.05, 3.63) is 35.4 Å².